The Balaban J connectivity index is 2.13. The van der Waals surface area contributed by atoms with E-state index in [1.54, 1.807) is 24.3 Å². The topological polar surface area (TPSA) is 51.8 Å². The van der Waals surface area contributed by atoms with Crippen molar-refractivity contribution in [3.05, 3.63) is 64.9 Å². The standard InChI is InChI=1S/C16H11BrFN3/c17-11-7-5-10(6-8-11)14-9-15(21-16(19)20-14)12-3-1-2-4-13(12)18/h1-9H,(H2,19,20,21). The van der Waals surface area contributed by atoms with Gasteiger partial charge in [-0.25, -0.2) is 14.4 Å². The quantitative estimate of drug-likeness (QED) is 0.754. The van der Waals surface area contributed by atoms with Crippen LogP contribution in [0.3, 0.4) is 0 Å². The molecular formula is C16H11BrFN3. The second kappa shape index (κ2) is 5.61. The fraction of sp³-hybridized carbons (Fsp3) is 0. The Morgan fingerprint density at radius 1 is 0.905 bits per heavy atom. The van der Waals surface area contributed by atoms with Crippen molar-refractivity contribution in [2.45, 2.75) is 0 Å². The number of rotatable bonds is 2. The van der Waals surface area contributed by atoms with Crippen LogP contribution in [0.25, 0.3) is 22.5 Å². The zero-order chi connectivity index (χ0) is 14.8. The Bertz CT molecular complexity index is 788. The van der Waals surface area contributed by atoms with Crippen molar-refractivity contribution < 1.29 is 4.39 Å². The fourth-order valence-electron chi connectivity index (χ4n) is 2.04. The predicted octanol–water partition coefficient (Wildman–Crippen LogP) is 4.29. The average molecular weight is 344 g/mol. The van der Waals surface area contributed by atoms with Crippen molar-refractivity contribution in [3.8, 4) is 22.5 Å². The highest BCUT2D eigenvalue weighted by Gasteiger charge is 2.10. The van der Waals surface area contributed by atoms with Crippen LogP contribution in [0, 0.1) is 5.82 Å². The lowest BCUT2D eigenvalue weighted by atomic mass is 10.1. The highest BCUT2D eigenvalue weighted by molar-refractivity contribution is 9.10. The molecule has 5 heteroatoms. The van der Waals surface area contributed by atoms with Crippen LogP contribution >= 0.6 is 15.9 Å². The largest absolute Gasteiger partial charge is 0.368 e. The second-order valence-corrected chi connectivity index (χ2v) is 5.40. The number of nitrogen functional groups attached to an aromatic ring is 1. The minimum atomic E-state index is -0.336. The molecule has 0 bridgehead atoms. The molecular weight excluding hydrogens is 333 g/mol. The summed E-state index contributed by atoms with van der Waals surface area (Å²) in [6.07, 6.45) is 0. The number of nitrogens with two attached hydrogens (primary N) is 1. The van der Waals surface area contributed by atoms with Crippen molar-refractivity contribution in [2.75, 3.05) is 5.73 Å². The van der Waals surface area contributed by atoms with Crippen molar-refractivity contribution in [1.82, 2.24) is 9.97 Å². The maximum absolute atomic E-state index is 13.9. The SMILES string of the molecule is Nc1nc(-c2ccc(Br)cc2)cc(-c2ccccc2F)n1. The van der Waals surface area contributed by atoms with Crippen LogP contribution in [-0.2, 0) is 0 Å². The van der Waals surface area contributed by atoms with E-state index in [2.05, 4.69) is 25.9 Å². The molecule has 0 amide bonds. The first-order valence-electron chi connectivity index (χ1n) is 6.29. The third-order valence-corrected chi connectivity index (χ3v) is 3.56. The summed E-state index contributed by atoms with van der Waals surface area (Å²) < 4.78 is 14.9. The van der Waals surface area contributed by atoms with E-state index >= 15 is 0 Å². The van der Waals surface area contributed by atoms with Gasteiger partial charge in [0.1, 0.15) is 5.82 Å². The van der Waals surface area contributed by atoms with Gasteiger partial charge in [-0.05, 0) is 30.3 Å². The van der Waals surface area contributed by atoms with Gasteiger partial charge in [0, 0.05) is 15.6 Å². The van der Waals surface area contributed by atoms with Crippen molar-refractivity contribution in [2.24, 2.45) is 0 Å². The summed E-state index contributed by atoms with van der Waals surface area (Å²) in [6.45, 7) is 0. The Hall–Kier alpha value is -2.27. The van der Waals surface area contributed by atoms with Crippen LogP contribution in [0.5, 0.6) is 0 Å². The molecule has 3 aromatic rings. The van der Waals surface area contributed by atoms with E-state index < -0.39 is 0 Å². The van der Waals surface area contributed by atoms with Gasteiger partial charge in [0.2, 0.25) is 5.95 Å². The molecule has 3 rings (SSSR count). The molecule has 0 aliphatic carbocycles. The van der Waals surface area contributed by atoms with Crippen LogP contribution in [0.2, 0.25) is 0 Å². The third kappa shape index (κ3) is 2.92. The number of anilines is 1. The first kappa shape index (κ1) is 13.7. The van der Waals surface area contributed by atoms with Crippen molar-refractivity contribution in [3.63, 3.8) is 0 Å². The monoisotopic (exact) mass is 343 g/mol. The molecule has 0 aliphatic rings. The van der Waals surface area contributed by atoms with E-state index in [0.717, 1.165) is 10.0 Å². The van der Waals surface area contributed by atoms with Crippen LogP contribution in [0.15, 0.2) is 59.1 Å². The van der Waals surface area contributed by atoms with E-state index in [0.29, 0.717) is 17.0 Å². The Morgan fingerprint density at radius 3 is 2.29 bits per heavy atom. The summed E-state index contributed by atoms with van der Waals surface area (Å²) in [5.74, 6) is -0.217. The van der Waals surface area contributed by atoms with Crippen LogP contribution < -0.4 is 5.73 Å². The van der Waals surface area contributed by atoms with Gasteiger partial charge in [-0.3, -0.25) is 0 Å². The lowest BCUT2D eigenvalue weighted by Gasteiger charge is -2.07. The molecule has 0 atom stereocenters. The van der Waals surface area contributed by atoms with Crippen molar-refractivity contribution >= 4 is 21.9 Å². The minimum absolute atomic E-state index is 0.119. The lowest BCUT2D eigenvalue weighted by molar-refractivity contribution is 0.630. The predicted molar refractivity (Wildman–Crippen MR) is 85.0 cm³/mol. The van der Waals surface area contributed by atoms with Gasteiger partial charge in [-0.15, -0.1) is 0 Å². The van der Waals surface area contributed by atoms with Gasteiger partial charge < -0.3 is 5.73 Å². The molecule has 0 radical (unpaired) electrons. The molecule has 0 aliphatic heterocycles. The number of aromatic nitrogens is 2. The molecule has 0 spiro atoms. The van der Waals surface area contributed by atoms with Gasteiger partial charge in [-0.2, -0.15) is 0 Å². The number of benzene rings is 2. The summed E-state index contributed by atoms with van der Waals surface area (Å²) in [4.78, 5) is 8.34. The number of nitrogens with zero attached hydrogens (tertiary/aromatic N) is 2. The van der Waals surface area contributed by atoms with E-state index in [9.17, 15) is 4.39 Å². The second-order valence-electron chi connectivity index (χ2n) is 4.48. The summed E-state index contributed by atoms with van der Waals surface area (Å²) in [5.41, 5.74) is 8.19. The minimum Gasteiger partial charge on any atom is -0.368 e. The van der Waals surface area contributed by atoms with E-state index in [4.69, 9.17) is 5.73 Å². The summed E-state index contributed by atoms with van der Waals surface area (Å²) in [6, 6.07) is 15.9. The Morgan fingerprint density at radius 2 is 1.57 bits per heavy atom. The summed E-state index contributed by atoms with van der Waals surface area (Å²) >= 11 is 3.39. The van der Waals surface area contributed by atoms with Crippen LogP contribution in [-0.4, -0.2) is 9.97 Å². The average Bonchev–Trinajstić information content (AvgIpc) is 2.48. The molecule has 0 saturated heterocycles. The fourth-order valence-corrected chi connectivity index (χ4v) is 2.31. The molecule has 3 nitrogen and oxygen atoms in total. The van der Waals surface area contributed by atoms with Gasteiger partial charge >= 0.3 is 0 Å². The Kier molecular flexibility index (Phi) is 3.66. The molecule has 0 unspecified atom stereocenters. The highest BCUT2D eigenvalue weighted by atomic mass is 79.9. The van der Waals surface area contributed by atoms with Gasteiger partial charge in [-0.1, -0.05) is 40.2 Å². The number of hydrogen-bond donors (Lipinski definition) is 1. The maximum Gasteiger partial charge on any atom is 0.221 e. The molecule has 1 heterocycles. The zero-order valence-electron chi connectivity index (χ0n) is 10.9. The Labute approximate surface area is 129 Å². The third-order valence-electron chi connectivity index (χ3n) is 3.03. The van der Waals surface area contributed by atoms with Crippen LogP contribution in [0.4, 0.5) is 10.3 Å². The van der Waals surface area contributed by atoms with Gasteiger partial charge in [0.05, 0.1) is 11.4 Å². The van der Waals surface area contributed by atoms with Crippen LogP contribution in [0.1, 0.15) is 0 Å². The van der Waals surface area contributed by atoms with E-state index in [1.807, 2.05) is 24.3 Å². The molecule has 0 saturated carbocycles. The van der Waals surface area contributed by atoms with E-state index in [-0.39, 0.29) is 11.8 Å². The molecule has 2 N–H and O–H groups in total. The first-order valence-corrected chi connectivity index (χ1v) is 7.08. The van der Waals surface area contributed by atoms with E-state index in [1.165, 1.54) is 6.07 Å². The van der Waals surface area contributed by atoms with Gasteiger partial charge in [0.25, 0.3) is 0 Å². The molecule has 0 fully saturated rings. The molecule has 104 valence electrons. The smallest absolute Gasteiger partial charge is 0.221 e. The highest BCUT2D eigenvalue weighted by Crippen LogP contribution is 2.26. The zero-order valence-corrected chi connectivity index (χ0v) is 12.5. The normalized spacial score (nSPS) is 10.6. The maximum atomic E-state index is 13.9. The lowest BCUT2D eigenvalue weighted by Crippen LogP contribution is -1.99. The molecule has 21 heavy (non-hydrogen) atoms. The summed E-state index contributed by atoms with van der Waals surface area (Å²) in [7, 11) is 0. The molecule has 1 aromatic heterocycles. The number of halogens is 2. The van der Waals surface area contributed by atoms with Crippen molar-refractivity contribution in [1.29, 1.82) is 0 Å². The molecule has 2 aromatic carbocycles. The number of hydrogen-bond acceptors (Lipinski definition) is 3. The van der Waals surface area contributed by atoms with Gasteiger partial charge in [0.15, 0.2) is 0 Å². The summed E-state index contributed by atoms with van der Waals surface area (Å²) in [5, 5.41) is 0. The first-order chi connectivity index (χ1) is 10.1.